The third-order valence-electron chi connectivity index (χ3n) is 4.55. The molecule has 0 saturated carbocycles. The number of carboxylic acid groups (broad SMARTS) is 1. The van der Waals surface area contributed by atoms with E-state index in [-0.39, 0.29) is 23.3 Å². The monoisotopic (exact) mass is 456 g/mol. The van der Waals surface area contributed by atoms with Crippen molar-refractivity contribution in [2.24, 2.45) is 0 Å². The van der Waals surface area contributed by atoms with Crippen molar-refractivity contribution in [1.82, 2.24) is 14.8 Å². The van der Waals surface area contributed by atoms with Crippen LogP contribution in [0, 0.1) is 0 Å². The summed E-state index contributed by atoms with van der Waals surface area (Å²) in [7, 11) is 1.59. The predicted molar refractivity (Wildman–Crippen MR) is 120 cm³/mol. The highest BCUT2D eigenvalue weighted by Crippen LogP contribution is 2.31. The number of ether oxygens (including phenoxy) is 2. The number of carboxylic acids is 1. The second-order valence-electron chi connectivity index (χ2n) is 6.72. The molecule has 0 fully saturated rings. The molecule has 0 aliphatic carbocycles. The number of aromatic nitrogens is 3. The number of methoxy groups -OCH3 is 1. The lowest BCUT2D eigenvalue weighted by molar-refractivity contribution is -0.113. The zero-order chi connectivity index (χ0) is 23.1. The number of para-hydroxylation sites is 2. The molecule has 1 atom stereocenters. The second kappa shape index (κ2) is 10.7. The van der Waals surface area contributed by atoms with Crippen molar-refractivity contribution >= 4 is 29.3 Å². The molecule has 3 rings (SSSR count). The van der Waals surface area contributed by atoms with E-state index < -0.39 is 5.97 Å². The van der Waals surface area contributed by atoms with Gasteiger partial charge in [-0.15, -0.1) is 10.2 Å². The lowest BCUT2D eigenvalue weighted by Crippen LogP contribution is -2.15. The Morgan fingerprint density at radius 1 is 1.12 bits per heavy atom. The molecule has 10 heteroatoms. The molecule has 0 radical (unpaired) electrons. The van der Waals surface area contributed by atoms with Gasteiger partial charge in [0.25, 0.3) is 0 Å². The van der Waals surface area contributed by atoms with Gasteiger partial charge in [0.1, 0.15) is 0 Å². The molecule has 9 nitrogen and oxygen atoms in total. The number of nitrogens with zero attached hydrogens (tertiary/aromatic N) is 3. The van der Waals surface area contributed by atoms with Crippen molar-refractivity contribution in [3.05, 3.63) is 59.9 Å². The van der Waals surface area contributed by atoms with E-state index in [1.54, 1.807) is 19.2 Å². The van der Waals surface area contributed by atoms with E-state index in [0.717, 1.165) is 0 Å². The van der Waals surface area contributed by atoms with Gasteiger partial charge in [0.2, 0.25) is 5.91 Å². The number of nitrogens with one attached hydrogen (secondary N) is 1. The van der Waals surface area contributed by atoms with Crippen LogP contribution in [-0.4, -0.2) is 44.6 Å². The van der Waals surface area contributed by atoms with Crippen LogP contribution in [-0.2, 0) is 11.3 Å². The Kier molecular flexibility index (Phi) is 7.72. The lowest BCUT2D eigenvalue weighted by atomic mass is 10.2. The minimum Gasteiger partial charge on any atom is -0.493 e. The van der Waals surface area contributed by atoms with Gasteiger partial charge in [-0.05, 0) is 50.2 Å². The van der Waals surface area contributed by atoms with Gasteiger partial charge in [-0.2, -0.15) is 0 Å². The molecule has 1 aromatic heterocycles. The van der Waals surface area contributed by atoms with Gasteiger partial charge in [0, 0.05) is 12.2 Å². The number of anilines is 1. The molecule has 1 heterocycles. The third kappa shape index (κ3) is 5.58. The SMILES string of the molecule is CCn1c(SCC(=O)Nc2ccc(C(=O)O)cc2)nnc1C(C)Oc1ccccc1OC. The fourth-order valence-electron chi connectivity index (χ4n) is 2.99. The molecule has 0 bridgehead atoms. The largest absolute Gasteiger partial charge is 0.493 e. The average Bonchev–Trinajstić information content (AvgIpc) is 3.21. The number of carbonyl (C=O) groups excluding carboxylic acids is 1. The van der Waals surface area contributed by atoms with Gasteiger partial charge in [0.15, 0.2) is 28.6 Å². The first-order valence-corrected chi connectivity index (χ1v) is 10.9. The van der Waals surface area contributed by atoms with Crippen LogP contribution < -0.4 is 14.8 Å². The average molecular weight is 457 g/mol. The van der Waals surface area contributed by atoms with Crippen LogP contribution in [0.1, 0.15) is 36.1 Å². The van der Waals surface area contributed by atoms with E-state index in [1.165, 1.54) is 23.9 Å². The molecule has 1 unspecified atom stereocenters. The number of rotatable bonds is 10. The van der Waals surface area contributed by atoms with E-state index >= 15 is 0 Å². The van der Waals surface area contributed by atoms with Crippen LogP contribution in [0.3, 0.4) is 0 Å². The van der Waals surface area contributed by atoms with E-state index in [4.69, 9.17) is 14.6 Å². The lowest BCUT2D eigenvalue weighted by Gasteiger charge is -2.17. The summed E-state index contributed by atoms with van der Waals surface area (Å²) in [4.78, 5) is 23.2. The number of benzene rings is 2. The van der Waals surface area contributed by atoms with Crippen molar-refractivity contribution < 1.29 is 24.2 Å². The molecule has 1 amide bonds. The van der Waals surface area contributed by atoms with E-state index in [0.29, 0.717) is 34.7 Å². The highest BCUT2D eigenvalue weighted by molar-refractivity contribution is 7.99. The van der Waals surface area contributed by atoms with E-state index in [2.05, 4.69) is 15.5 Å². The molecule has 2 aromatic carbocycles. The molecule has 0 aliphatic heterocycles. The molecule has 168 valence electrons. The van der Waals surface area contributed by atoms with Gasteiger partial charge in [-0.25, -0.2) is 4.79 Å². The van der Waals surface area contributed by atoms with Crippen LogP contribution in [0.25, 0.3) is 0 Å². The van der Waals surface area contributed by atoms with Gasteiger partial charge < -0.3 is 24.5 Å². The molecule has 0 aliphatic rings. The van der Waals surface area contributed by atoms with Crippen LogP contribution in [0.4, 0.5) is 5.69 Å². The van der Waals surface area contributed by atoms with Crippen molar-refractivity contribution in [2.45, 2.75) is 31.7 Å². The zero-order valence-corrected chi connectivity index (χ0v) is 18.8. The first-order valence-electron chi connectivity index (χ1n) is 9.91. The minimum atomic E-state index is -1.02. The Hall–Kier alpha value is -3.53. The maximum absolute atomic E-state index is 12.3. The molecule has 0 saturated heterocycles. The third-order valence-corrected chi connectivity index (χ3v) is 5.51. The van der Waals surface area contributed by atoms with Gasteiger partial charge in [0.05, 0.1) is 18.4 Å². The topological polar surface area (TPSA) is 116 Å². The van der Waals surface area contributed by atoms with E-state index in [1.807, 2.05) is 42.7 Å². The number of carbonyl (C=O) groups is 2. The van der Waals surface area contributed by atoms with Gasteiger partial charge in [-0.1, -0.05) is 23.9 Å². The summed E-state index contributed by atoms with van der Waals surface area (Å²) >= 11 is 1.26. The predicted octanol–water partition coefficient (Wildman–Crippen LogP) is 3.88. The zero-order valence-electron chi connectivity index (χ0n) is 17.9. The Morgan fingerprint density at radius 2 is 1.81 bits per heavy atom. The summed E-state index contributed by atoms with van der Waals surface area (Å²) in [5.41, 5.74) is 0.683. The Balaban J connectivity index is 1.62. The second-order valence-corrected chi connectivity index (χ2v) is 7.66. The first kappa shape index (κ1) is 23.1. The molecular formula is C22H24N4O5S. The minimum absolute atomic E-state index is 0.126. The van der Waals surface area contributed by atoms with Crippen LogP contribution >= 0.6 is 11.8 Å². The summed E-state index contributed by atoms with van der Waals surface area (Å²) in [6.45, 7) is 4.46. The van der Waals surface area contributed by atoms with Gasteiger partial charge >= 0.3 is 5.97 Å². The summed E-state index contributed by atoms with van der Waals surface area (Å²) in [6.07, 6.45) is -0.380. The van der Waals surface area contributed by atoms with Crippen molar-refractivity contribution in [3.63, 3.8) is 0 Å². The fraction of sp³-hybridized carbons (Fsp3) is 0.273. The summed E-state index contributed by atoms with van der Waals surface area (Å²) in [6, 6.07) is 13.4. The molecule has 3 aromatic rings. The maximum Gasteiger partial charge on any atom is 0.335 e. The van der Waals surface area contributed by atoms with Gasteiger partial charge in [-0.3, -0.25) is 4.79 Å². The fourth-order valence-corrected chi connectivity index (χ4v) is 3.80. The molecule has 2 N–H and O–H groups in total. The Bertz CT molecular complexity index is 1080. The van der Waals surface area contributed by atoms with Crippen LogP contribution in [0.2, 0.25) is 0 Å². The van der Waals surface area contributed by atoms with E-state index in [9.17, 15) is 9.59 Å². The Labute approximate surface area is 189 Å². The number of aromatic carboxylic acids is 1. The number of hydrogen-bond acceptors (Lipinski definition) is 7. The highest BCUT2D eigenvalue weighted by atomic mass is 32.2. The number of thioether (sulfide) groups is 1. The first-order chi connectivity index (χ1) is 15.4. The molecular weight excluding hydrogens is 432 g/mol. The standard InChI is InChI=1S/C22H24N4O5S/c1-4-26-20(14(2)31-18-8-6-5-7-17(18)30-3)24-25-22(26)32-13-19(27)23-16-11-9-15(10-12-16)21(28)29/h5-12,14H,4,13H2,1-3H3,(H,23,27)(H,28,29). The summed E-state index contributed by atoms with van der Waals surface area (Å²) in [5, 5.41) is 20.8. The van der Waals surface area contributed by atoms with Crippen LogP contribution in [0.5, 0.6) is 11.5 Å². The Morgan fingerprint density at radius 3 is 2.44 bits per heavy atom. The van der Waals surface area contributed by atoms with Crippen molar-refractivity contribution in [3.8, 4) is 11.5 Å². The van der Waals surface area contributed by atoms with Crippen molar-refractivity contribution in [2.75, 3.05) is 18.2 Å². The summed E-state index contributed by atoms with van der Waals surface area (Å²) in [5.74, 6) is 0.757. The normalized spacial score (nSPS) is 11.6. The van der Waals surface area contributed by atoms with Crippen LogP contribution in [0.15, 0.2) is 53.7 Å². The smallest absolute Gasteiger partial charge is 0.335 e. The van der Waals surface area contributed by atoms with Crippen molar-refractivity contribution in [1.29, 1.82) is 0 Å². The molecule has 0 spiro atoms. The molecule has 32 heavy (non-hydrogen) atoms. The number of hydrogen-bond donors (Lipinski definition) is 2. The summed E-state index contributed by atoms with van der Waals surface area (Å²) < 4.78 is 13.3. The maximum atomic E-state index is 12.3. The quantitative estimate of drug-likeness (QED) is 0.442. The highest BCUT2D eigenvalue weighted by Gasteiger charge is 2.20. The number of amides is 1.